The number of aryl methyl sites for hydroxylation is 1. The molecule has 0 atom stereocenters. The first-order chi connectivity index (χ1) is 12.8. The molecule has 0 unspecified atom stereocenters. The van der Waals surface area contributed by atoms with Gasteiger partial charge in [0.2, 0.25) is 0 Å². The monoisotopic (exact) mass is 368 g/mol. The number of carbonyl (C=O) groups excluding carboxylic acids is 1. The van der Waals surface area contributed by atoms with E-state index in [0.717, 1.165) is 31.2 Å². The molecule has 0 saturated heterocycles. The van der Waals surface area contributed by atoms with E-state index in [1.54, 1.807) is 29.5 Å². The maximum absolute atomic E-state index is 12.7. The second-order valence-electron chi connectivity index (χ2n) is 6.55. The van der Waals surface area contributed by atoms with Crippen molar-refractivity contribution in [1.82, 2.24) is 0 Å². The fourth-order valence-corrected chi connectivity index (χ4v) is 4.72. The Hall–Kier alpha value is -2.52. The Morgan fingerprint density at radius 1 is 1.08 bits per heavy atom. The molecule has 2 aliphatic rings. The van der Waals surface area contributed by atoms with E-state index < -0.39 is 0 Å². The molecular formula is C20H20N2O3S. The average Bonchev–Trinajstić information content (AvgIpc) is 2.96. The number of hydrogen-bond acceptors (Lipinski definition) is 5. The molecule has 0 spiro atoms. The van der Waals surface area contributed by atoms with Crippen LogP contribution in [0.5, 0.6) is 11.5 Å². The minimum atomic E-state index is -0.229. The number of thiophene rings is 1. The van der Waals surface area contributed by atoms with Crippen LogP contribution in [0.15, 0.2) is 18.2 Å². The van der Waals surface area contributed by atoms with Crippen LogP contribution in [0.25, 0.3) is 0 Å². The van der Waals surface area contributed by atoms with Crippen molar-refractivity contribution in [2.45, 2.75) is 38.5 Å². The summed E-state index contributed by atoms with van der Waals surface area (Å²) in [6.45, 7) is 0.999. The SMILES string of the molecule is N#Cc1c(NC(=O)c2ccc3c(c2)OCCO3)sc2c1CCCCCC2. The smallest absolute Gasteiger partial charge is 0.256 e. The van der Waals surface area contributed by atoms with Gasteiger partial charge in [-0.1, -0.05) is 12.8 Å². The summed E-state index contributed by atoms with van der Waals surface area (Å²) >= 11 is 1.55. The number of benzene rings is 1. The van der Waals surface area contributed by atoms with Crippen LogP contribution < -0.4 is 14.8 Å². The van der Waals surface area contributed by atoms with Crippen LogP contribution in [-0.4, -0.2) is 19.1 Å². The molecule has 1 N–H and O–H groups in total. The van der Waals surface area contributed by atoms with Gasteiger partial charge in [-0.05, 0) is 49.4 Å². The molecule has 1 amide bonds. The molecule has 1 aromatic heterocycles. The summed E-state index contributed by atoms with van der Waals surface area (Å²) < 4.78 is 11.0. The lowest BCUT2D eigenvalue weighted by Gasteiger charge is -2.18. The molecule has 4 rings (SSSR count). The predicted octanol–water partition coefficient (Wildman–Crippen LogP) is 4.30. The number of fused-ring (bicyclic) bond motifs is 2. The quantitative estimate of drug-likeness (QED) is 0.858. The summed E-state index contributed by atoms with van der Waals surface area (Å²) in [5, 5.41) is 13.2. The minimum absolute atomic E-state index is 0.229. The average molecular weight is 368 g/mol. The normalized spacial score (nSPS) is 16.0. The van der Waals surface area contributed by atoms with Crippen LogP contribution in [0.2, 0.25) is 0 Å². The summed E-state index contributed by atoms with van der Waals surface area (Å²) in [7, 11) is 0. The number of nitrogens with one attached hydrogen (secondary N) is 1. The van der Waals surface area contributed by atoms with Crippen molar-refractivity contribution in [3.05, 3.63) is 39.8 Å². The Morgan fingerprint density at radius 2 is 1.85 bits per heavy atom. The molecule has 2 heterocycles. The second-order valence-corrected chi connectivity index (χ2v) is 7.65. The predicted molar refractivity (Wildman–Crippen MR) is 100 cm³/mol. The Bertz CT molecular complexity index is 882. The van der Waals surface area contributed by atoms with Gasteiger partial charge < -0.3 is 14.8 Å². The highest BCUT2D eigenvalue weighted by Gasteiger charge is 2.22. The van der Waals surface area contributed by atoms with Gasteiger partial charge in [0.15, 0.2) is 11.5 Å². The van der Waals surface area contributed by atoms with Gasteiger partial charge >= 0.3 is 0 Å². The van der Waals surface area contributed by atoms with Crippen molar-refractivity contribution in [3.8, 4) is 17.6 Å². The van der Waals surface area contributed by atoms with E-state index in [4.69, 9.17) is 9.47 Å². The van der Waals surface area contributed by atoms with Crippen molar-refractivity contribution in [2.24, 2.45) is 0 Å². The molecule has 1 aliphatic carbocycles. The summed E-state index contributed by atoms with van der Waals surface area (Å²) in [6, 6.07) is 7.48. The van der Waals surface area contributed by atoms with E-state index in [9.17, 15) is 10.1 Å². The molecule has 1 aromatic carbocycles. The van der Waals surface area contributed by atoms with Gasteiger partial charge in [0.05, 0.1) is 5.56 Å². The highest BCUT2D eigenvalue weighted by molar-refractivity contribution is 7.16. The second kappa shape index (κ2) is 7.38. The standard InChI is InChI=1S/C20H20N2O3S/c21-12-15-14-5-3-1-2-4-6-18(14)26-20(15)22-19(23)13-7-8-16-17(11-13)25-10-9-24-16/h7-8,11H,1-6,9-10H2,(H,22,23). The molecule has 0 saturated carbocycles. The van der Waals surface area contributed by atoms with Crippen molar-refractivity contribution < 1.29 is 14.3 Å². The third-order valence-electron chi connectivity index (χ3n) is 4.81. The number of carbonyl (C=O) groups is 1. The van der Waals surface area contributed by atoms with Gasteiger partial charge in [-0.3, -0.25) is 4.79 Å². The Morgan fingerprint density at radius 3 is 2.65 bits per heavy atom. The Kier molecular flexibility index (Phi) is 4.81. The number of hydrogen-bond donors (Lipinski definition) is 1. The molecule has 134 valence electrons. The number of rotatable bonds is 2. The number of nitrogens with zero attached hydrogens (tertiary/aromatic N) is 1. The Labute approximate surface area is 156 Å². The summed E-state index contributed by atoms with van der Waals surface area (Å²) in [6.07, 6.45) is 6.61. The number of ether oxygens (including phenoxy) is 2. The summed E-state index contributed by atoms with van der Waals surface area (Å²) in [5.74, 6) is 1.01. The Balaban J connectivity index is 1.60. The summed E-state index contributed by atoms with van der Waals surface area (Å²) in [5.41, 5.74) is 2.27. The van der Waals surface area contributed by atoms with Gasteiger partial charge in [0.25, 0.3) is 5.91 Å². The van der Waals surface area contributed by atoms with Crippen LogP contribution in [0.1, 0.15) is 52.0 Å². The zero-order chi connectivity index (χ0) is 17.9. The number of anilines is 1. The van der Waals surface area contributed by atoms with E-state index in [1.165, 1.54) is 17.7 Å². The third-order valence-corrected chi connectivity index (χ3v) is 6.02. The van der Waals surface area contributed by atoms with E-state index in [0.29, 0.717) is 40.8 Å². The van der Waals surface area contributed by atoms with E-state index >= 15 is 0 Å². The number of nitriles is 1. The molecule has 0 fully saturated rings. The van der Waals surface area contributed by atoms with Crippen LogP contribution in [0, 0.1) is 11.3 Å². The fraction of sp³-hybridized carbons (Fsp3) is 0.400. The first-order valence-electron chi connectivity index (χ1n) is 9.02. The fourth-order valence-electron chi connectivity index (χ4n) is 3.49. The van der Waals surface area contributed by atoms with E-state index in [1.807, 2.05) is 0 Å². The van der Waals surface area contributed by atoms with Crippen LogP contribution in [0.3, 0.4) is 0 Å². The highest BCUT2D eigenvalue weighted by atomic mass is 32.1. The maximum atomic E-state index is 12.7. The van der Waals surface area contributed by atoms with E-state index in [2.05, 4.69) is 11.4 Å². The lowest BCUT2D eigenvalue weighted by atomic mass is 9.97. The lowest BCUT2D eigenvalue weighted by molar-refractivity contribution is 0.102. The first kappa shape index (κ1) is 16.9. The first-order valence-corrected chi connectivity index (χ1v) is 9.83. The van der Waals surface area contributed by atoms with Crippen molar-refractivity contribution in [3.63, 3.8) is 0 Å². The topological polar surface area (TPSA) is 71.4 Å². The zero-order valence-corrected chi connectivity index (χ0v) is 15.3. The van der Waals surface area contributed by atoms with Gasteiger partial charge in [-0.2, -0.15) is 5.26 Å². The van der Waals surface area contributed by atoms with Crippen molar-refractivity contribution in [2.75, 3.05) is 18.5 Å². The largest absolute Gasteiger partial charge is 0.486 e. The minimum Gasteiger partial charge on any atom is -0.486 e. The highest BCUT2D eigenvalue weighted by Crippen LogP contribution is 2.37. The van der Waals surface area contributed by atoms with Crippen molar-refractivity contribution in [1.29, 1.82) is 5.26 Å². The zero-order valence-electron chi connectivity index (χ0n) is 14.5. The summed E-state index contributed by atoms with van der Waals surface area (Å²) in [4.78, 5) is 14.0. The van der Waals surface area contributed by atoms with Crippen LogP contribution in [-0.2, 0) is 12.8 Å². The number of amides is 1. The lowest BCUT2D eigenvalue weighted by Crippen LogP contribution is -2.17. The molecule has 1 aliphatic heterocycles. The van der Waals surface area contributed by atoms with Crippen molar-refractivity contribution >= 4 is 22.2 Å². The molecule has 0 bridgehead atoms. The molecule has 5 nitrogen and oxygen atoms in total. The van der Waals surface area contributed by atoms with Gasteiger partial charge in [-0.15, -0.1) is 11.3 Å². The van der Waals surface area contributed by atoms with Crippen LogP contribution >= 0.6 is 11.3 Å². The van der Waals surface area contributed by atoms with Gasteiger partial charge in [0.1, 0.15) is 24.3 Å². The molecular weight excluding hydrogens is 348 g/mol. The molecule has 2 aromatic rings. The molecule has 6 heteroatoms. The van der Waals surface area contributed by atoms with E-state index in [-0.39, 0.29) is 5.91 Å². The van der Waals surface area contributed by atoms with Crippen LogP contribution in [0.4, 0.5) is 5.00 Å². The third kappa shape index (κ3) is 3.27. The molecule has 26 heavy (non-hydrogen) atoms. The van der Waals surface area contributed by atoms with Gasteiger partial charge in [0, 0.05) is 10.4 Å². The molecule has 0 radical (unpaired) electrons. The van der Waals surface area contributed by atoms with Gasteiger partial charge in [-0.25, -0.2) is 0 Å². The maximum Gasteiger partial charge on any atom is 0.256 e.